The smallest absolute Gasteiger partial charge is 0.406 e. The number of carbonyl (C=O) groups is 2. The maximum atomic E-state index is 12.1. The number of benzene rings is 1. The number of halogens is 3. The number of hydrogen-bond acceptors (Lipinski definition) is 5. The highest BCUT2D eigenvalue weighted by Gasteiger charge is 2.31. The lowest BCUT2D eigenvalue weighted by Gasteiger charge is -2.17. The Bertz CT molecular complexity index is 632. The van der Waals surface area contributed by atoms with Crippen LogP contribution in [-0.4, -0.2) is 42.9 Å². The summed E-state index contributed by atoms with van der Waals surface area (Å²) in [6.07, 6.45) is -3.06. The number of anilines is 1. The molecule has 136 valence electrons. The summed E-state index contributed by atoms with van der Waals surface area (Å²) in [7, 11) is 0. The van der Waals surface area contributed by atoms with Crippen LogP contribution >= 0.6 is 11.8 Å². The maximum absolute atomic E-state index is 12.1. The van der Waals surface area contributed by atoms with E-state index in [0.29, 0.717) is 0 Å². The Morgan fingerprint density at radius 1 is 1.32 bits per heavy atom. The van der Waals surface area contributed by atoms with E-state index in [-0.39, 0.29) is 18.0 Å². The Labute approximate surface area is 145 Å². The molecule has 3 amide bonds. The van der Waals surface area contributed by atoms with Crippen LogP contribution in [0.1, 0.15) is 0 Å². The molecule has 11 heteroatoms. The second kappa shape index (κ2) is 9.63. The molecule has 0 aromatic heterocycles. The summed E-state index contributed by atoms with van der Waals surface area (Å²) in [6, 6.07) is 4.71. The van der Waals surface area contributed by atoms with E-state index in [2.05, 4.69) is 20.7 Å². The number of ether oxygens (including phenoxy) is 1. The Morgan fingerprint density at radius 3 is 2.48 bits per heavy atom. The molecule has 0 heterocycles. The van der Waals surface area contributed by atoms with Crippen molar-refractivity contribution in [2.24, 2.45) is 0 Å². The van der Waals surface area contributed by atoms with Gasteiger partial charge in [-0.05, 0) is 30.5 Å². The van der Waals surface area contributed by atoms with Gasteiger partial charge < -0.3 is 20.7 Å². The first-order valence-corrected chi connectivity index (χ1v) is 8.21. The quantitative estimate of drug-likeness (QED) is 0.632. The van der Waals surface area contributed by atoms with E-state index >= 15 is 0 Å². The Morgan fingerprint density at radius 2 is 1.96 bits per heavy atom. The van der Waals surface area contributed by atoms with E-state index in [1.165, 1.54) is 23.9 Å². The zero-order valence-electron chi connectivity index (χ0n) is 13.0. The summed E-state index contributed by atoms with van der Waals surface area (Å²) in [6.45, 7) is -0.187. The molecule has 0 saturated carbocycles. The number of carbonyl (C=O) groups excluding carboxylic acids is 2. The van der Waals surface area contributed by atoms with E-state index in [0.717, 1.165) is 12.1 Å². The van der Waals surface area contributed by atoms with Gasteiger partial charge in [-0.2, -0.15) is 17.0 Å². The summed E-state index contributed by atoms with van der Waals surface area (Å²) >= 11 is 1.32. The van der Waals surface area contributed by atoms with Gasteiger partial charge in [0.2, 0.25) is 5.91 Å². The minimum absolute atomic E-state index is 0.187. The lowest BCUT2D eigenvalue weighted by Crippen LogP contribution is -2.49. The molecule has 25 heavy (non-hydrogen) atoms. The predicted molar refractivity (Wildman–Crippen MR) is 86.1 cm³/mol. The Balaban J connectivity index is 2.61. The molecule has 1 atom stereocenters. The van der Waals surface area contributed by atoms with Crippen molar-refractivity contribution in [3.8, 4) is 11.8 Å². The van der Waals surface area contributed by atoms with Gasteiger partial charge in [0, 0.05) is 11.4 Å². The zero-order valence-corrected chi connectivity index (χ0v) is 13.8. The molecule has 7 nitrogen and oxygen atoms in total. The largest absolute Gasteiger partial charge is 0.573 e. The number of hydrogen-bond donors (Lipinski definition) is 3. The van der Waals surface area contributed by atoms with Gasteiger partial charge in [0.15, 0.2) is 0 Å². The highest BCUT2D eigenvalue weighted by Crippen LogP contribution is 2.23. The second-order valence-electron chi connectivity index (χ2n) is 4.55. The number of urea groups is 1. The van der Waals surface area contributed by atoms with Crippen LogP contribution in [0.4, 0.5) is 23.7 Å². The van der Waals surface area contributed by atoms with Crippen molar-refractivity contribution in [3.05, 3.63) is 24.3 Å². The molecule has 0 aliphatic carbocycles. The normalized spacial score (nSPS) is 11.8. The molecular formula is C14H15F3N4O3S. The van der Waals surface area contributed by atoms with Crippen molar-refractivity contribution in [3.63, 3.8) is 0 Å². The van der Waals surface area contributed by atoms with Gasteiger partial charge in [0.05, 0.1) is 6.07 Å². The summed E-state index contributed by atoms with van der Waals surface area (Å²) in [5.74, 6) is -0.655. The van der Waals surface area contributed by atoms with Gasteiger partial charge in [-0.1, -0.05) is 0 Å². The molecule has 0 radical (unpaired) electrons. The minimum Gasteiger partial charge on any atom is -0.406 e. The molecule has 0 saturated heterocycles. The van der Waals surface area contributed by atoms with Crippen LogP contribution in [0.2, 0.25) is 0 Å². The summed E-state index contributed by atoms with van der Waals surface area (Å²) in [5, 5.41) is 15.6. The van der Waals surface area contributed by atoms with Crippen LogP contribution in [0.25, 0.3) is 0 Å². The third kappa shape index (κ3) is 8.16. The van der Waals surface area contributed by atoms with Crippen LogP contribution in [0, 0.1) is 11.3 Å². The highest BCUT2D eigenvalue weighted by molar-refractivity contribution is 7.98. The third-order valence-electron chi connectivity index (χ3n) is 2.64. The van der Waals surface area contributed by atoms with Crippen LogP contribution < -0.4 is 20.7 Å². The summed E-state index contributed by atoms with van der Waals surface area (Å²) < 4.78 is 39.9. The standard InChI is InChI=1S/C14H15F3N4O3S/c1-25-8-11(12(22)19-7-6-18)21-13(23)20-9-2-4-10(5-3-9)24-14(15,16)17/h2-5,11H,7-8H2,1H3,(H,19,22)(H2,20,21,23). The van der Waals surface area contributed by atoms with Crippen molar-refractivity contribution in [1.29, 1.82) is 5.26 Å². The number of thioether (sulfide) groups is 1. The topological polar surface area (TPSA) is 103 Å². The number of nitriles is 1. The fraction of sp³-hybridized carbons (Fsp3) is 0.357. The molecule has 1 aromatic rings. The van der Waals surface area contributed by atoms with Crippen LogP contribution in [0.5, 0.6) is 5.75 Å². The number of amides is 3. The average molecular weight is 376 g/mol. The van der Waals surface area contributed by atoms with E-state index in [4.69, 9.17) is 5.26 Å². The van der Waals surface area contributed by atoms with Crippen LogP contribution in [0.3, 0.4) is 0 Å². The van der Waals surface area contributed by atoms with E-state index in [1.807, 2.05) is 0 Å². The molecule has 1 unspecified atom stereocenters. The fourth-order valence-electron chi connectivity index (χ4n) is 1.66. The van der Waals surface area contributed by atoms with Crippen molar-refractivity contribution in [2.75, 3.05) is 23.9 Å². The lowest BCUT2D eigenvalue weighted by atomic mass is 10.3. The highest BCUT2D eigenvalue weighted by atomic mass is 32.2. The lowest BCUT2D eigenvalue weighted by molar-refractivity contribution is -0.274. The molecular weight excluding hydrogens is 361 g/mol. The summed E-state index contributed by atoms with van der Waals surface area (Å²) in [5.41, 5.74) is 0.215. The average Bonchev–Trinajstić information content (AvgIpc) is 2.52. The number of alkyl halides is 3. The number of nitrogens with zero attached hydrogens (tertiary/aromatic N) is 1. The molecule has 3 N–H and O–H groups in total. The number of nitrogens with one attached hydrogen (secondary N) is 3. The Hall–Kier alpha value is -2.61. The van der Waals surface area contributed by atoms with Gasteiger partial charge in [-0.25, -0.2) is 4.79 Å². The number of rotatable bonds is 7. The first-order valence-electron chi connectivity index (χ1n) is 6.82. The second-order valence-corrected chi connectivity index (χ2v) is 5.47. The van der Waals surface area contributed by atoms with E-state index in [1.54, 1.807) is 12.3 Å². The summed E-state index contributed by atoms with van der Waals surface area (Å²) in [4.78, 5) is 23.7. The van der Waals surface area contributed by atoms with Crippen LogP contribution in [0.15, 0.2) is 24.3 Å². The monoisotopic (exact) mass is 376 g/mol. The molecule has 1 rings (SSSR count). The molecule has 1 aromatic carbocycles. The van der Waals surface area contributed by atoms with Gasteiger partial charge in [-0.15, -0.1) is 13.2 Å². The molecule has 0 bridgehead atoms. The van der Waals surface area contributed by atoms with Crippen LogP contribution in [-0.2, 0) is 4.79 Å². The first-order chi connectivity index (χ1) is 11.7. The van der Waals surface area contributed by atoms with Gasteiger partial charge >= 0.3 is 12.4 Å². The van der Waals surface area contributed by atoms with Crippen molar-refractivity contribution in [1.82, 2.24) is 10.6 Å². The molecule has 0 aliphatic heterocycles. The zero-order chi connectivity index (χ0) is 18.9. The van der Waals surface area contributed by atoms with Crippen molar-refractivity contribution in [2.45, 2.75) is 12.4 Å². The van der Waals surface area contributed by atoms with Crippen molar-refractivity contribution >= 4 is 29.4 Å². The van der Waals surface area contributed by atoms with E-state index in [9.17, 15) is 22.8 Å². The maximum Gasteiger partial charge on any atom is 0.573 e. The minimum atomic E-state index is -4.80. The molecule has 0 spiro atoms. The van der Waals surface area contributed by atoms with Gasteiger partial charge in [0.25, 0.3) is 0 Å². The SMILES string of the molecule is CSCC(NC(=O)Nc1ccc(OC(F)(F)F)cc1)C(=O)NCC#N. The fourth-order valence-corrected chi connectivity index (χ4v) is 2.23. The third-order valence-corrected chi connectivity index (χ3v) is 3.31. The first kappa shape index (κ1) is 20.4. The molecule has 0 aliphatic rings. The van der Waals surface area contributed by atoms with Gasteiger partial charge in [0.1, 0.15) is 18.3 Å². The molecule has 0 fully saturated rings. The van der Waals surface area contributed by atoms with Crippen molar-refractivity contribution < 1.29 is 27.5 Å². The predicted octanol–water partition coefficient (Wildman–Crippen LogP) is 2.08. The Kier molecular flexibility index (Phi) is 7.87. The van der Waals surface area contributed by atoms with E-state index < -0.39 is 30.1 Å². The van der Waals surface area contributed by atoms with Gasteiger partial charge in [-0.3, -0.25) is 4.79 Å².